The van der Waals surface area contributed by atoms with Crippen LogP contribution in [0.15, 0.2) is 85.1 Å². The van der Waals surface area contributed by atoms with E-state index >= 15 is 0 Å². The summed E-state index contributed by atoms with van der Waals surface area (Å²) in [6.07, 6.45) is 60.1. The Hall–Kier alpha value is -3.03. The van der Waals surface area contributed by atoms with Crippen molar-refractivity contribution in [2.75, 3.05) is 26.4 Å². The van der Waals surface area contributed by atoms with E-state index in [0.29, 0.717) is 6.42 Å². The molecule has 3 saturated heterocycles. The molecule has 17 unspecified atom stereocenters. The molecule has 0 radical (unpaired) electrons. The van der Waals surface area contributed by atoms with E-state index in [1.165, 1.54) is 205 Å². The molecule has 0 aromatic carbocycles. The van der Waals surface area contributed by atoms with Crippen LogP contribution in [0.3, 0.4) is 0 Å². The summed E-state index contributed by atoms with van der Waals surface area (Å²) in [6.45, 7) is 1.65. The van der Waals surface area contributed by atoms with Crippen LogP contribution in [-0.4, -0.2) is 193 Å². The molecule has 0 aromatic rings. The van der Waals surface area contributed by atoms with E-state index in [9.17, 15) is 61.0 Å². The van der Waals surface area contributed by atoms with Gasteiger partial charge in [-0.2, -0.15) is 0 Å². The summed E-state index contributed by atoms with van der Waals surface area (Å²) in [6, 6.07) is -0.975. The highest BCUT2D eigenvalue weighted by atomic mass is 16.8. The fourth-order valence-electron chi connectivity index (χ4n) is 13.8. The van der Waals surface area contributed by atoms with E-state index in [2.05, 4.69) is 92.1 Å². The molecule has 3 heterocycles. The lowest BCUT2D eigenvalue weighted by atomic mass is 9.96. The molecule has 0 bridgehead atoms. The summed E-state index contributed by atoms with van der Waals surface area (Å²) >= 11 is 0. The van der Waals surface area contributed by atoms with Crippen LogP contribution in [0.25, 0.3) is 0 Å². The predicted molar refractivity (Wildman–Crippen MR) is 415 cm³/mol. The van der Waals surface area contributed by atoms with Gasteiger partial charge in [-0.3, -0.25) is 4.79 Å². The number of carbonyl (C=O) groups is 1. The van der Waals surface area contributed by atoms with Gasteiger partial charge in [0.2, 0.25) is 5.91 Å². The molecule has 104 heavy (non-hydrogen) atoms. The Kier molecular flexibility index (Phi) is 59.3. The first-order valence-electron chi connectivity index (χ1n) is 41.8. The molecule has 3 aliphatic rings. The molecule has 0 aliphatic carbocycles. The summed E-state index contributed by atoms with van der Waals surface area (Å²) in [4.78, 5) is 13.5. The maximum Gasteiger partial charge on any atom is 0.220 e. The number of rotatable bonds is 66. The van der Waals surface area contributed by atoms with Crippen molar-refractivity contribution >= 4 is 5.91 Å². The minimum atomic E-state index is -1.98. The zero-order chi connectivity index (χ0) is 75.3. The number of carbonyl (C=O) groups excluding carboxylic acids is 1. The molecule has 0 saturated carbocycles. The number of aliphatic hydroxyl groups excluding tert-OH is 11. The molecular weight excluding hydrogens is 1320 g/mol. The van der Waals surface area contributed by atoms with Crippen molar-refractivity contribution in [1.82, 2.24) is 5.32 Å². The van der Waals surface area contributed by atoms with Gasteiger partial charge in [0.05, 0.1) is 38.6 Å². The minimum absolute atomic E-state index is 0.244. The van der Waals surface area contributed by atoms with Crippen molar-refractivity contribution in [3.63, 3.8) is 0 Å². The highest BCUT2D eigenvalue weighted by Gasteiger charge is 2.54. The van der Waals surface area contributed by atoms with Crippen LogP contribution < -0.4 is 5.32 Å². The van der Waals surface area contributed by atoms with Crippen LogP contribution in [0.5, 0.6) is 0 Å². The second-order valence-corrected chi connectivity index (χ2v) is 29.6. The summed E-state index contributed by atoms with van der Waals surface area (Å²) in [7, 11) is 0. The molecule has 19 heteroatoms. The first kappa shape index (κ1) is 95.2. The number of ether oxygens (including phenoxy) is 6. The Balaban J connectivity index is 1.29. The number of allylic oxidation sites excluding steroid dienone is 13. The van der Waals surface area contributed by atoms with E-state index in [-0.39, 0.29) is 18.9 Å². The van der Waals surface area contributed by atoms with E-state index in [4.69, 9.17) is 28.4 Å². The summed E-state index contributed by atoms with van der Waals surface area (Å²) in [5.41, 5.74) is 0. The van der Waals surface area contributed by atoms with Gasteiger partial charge in [0.25, 0.3) is 0 Å². The second-order valence-electron chi connectivity index (χ2n) is 29.6. The van der Waals surface area contributed by atoms with Gasteiger partial charge in [0.1, 0.15) is 73.2 Å². The fraction of sp³-hybridized carbons (Fsp3) is 0.824. The highest BCUT2D eigenvalue weighted by Crippen LogP contribution is 2.33. The number of unbranched alkanes of at least 4 members (excludes halogenated alkanes) is 38. The molecule has 17 atom stereocenters. The van der Waals surface area contributed by atoms with E-state index in [0.717, 1.165) is 83.5 Å². The monoisotopic (exact) mass is 1470 g/mol. The average Bonchev–Trinajstić information content (AvgIpc) is 0.783. The summed E-state index contributed by atoms with van der Waals surface area (Å²) in [5, 5.41) is 121. The predicted octanol–water partition coefficient (Wildman–Crippen LogP) is 14.6. The molecule has 3 aliphatic heterocycles. The first-order chi connectivity index (χ1) is 50.8. The number of nitrogens with one attached hydrogen (secondary N) is 1. The van der Waals surface area contributed by atoms with Crippen LogP contribution in [0.1, 0.15) is 316 Å². The lowest BCUT2D eigenvalue weighted by Crippen LogP contribution is -2.66. The Morgan fingerprint density at radius 1 is 0.356 bits per heavy atom. The highest BCUT2D eigenvalue weighted by molar-refractivity contribution is 5.76. The van der Waals surface area contributed by atoms with Gasteiger partial charge in [0.15, 0.2) is 18.9 Å². The third kappa shape index (κ3) is 44.0. The van der Waals surface area contributed by atoms with Crippen LogP contribution in [-0.2, 0) is 33.2 Å². The van der Waals surface area contributed by atoms with E-state index < -0.39 is 124 Å². The topological polar surface area (TPSA) is 307 Å². The molecule has 3 fully saturated rings. The van der Waals surface area contributed by atoms with E-state index in [1.807, 2.05) is 6.08 Å². The quantitative estimate of drug-likeness (QED) is 0.0199. The Morgan fingerprint density at radius 2 is 0.663 bits per heavy atom. The molecule has 1 amide bonds. The zero-order valence-electron chi connectivity index (χ0n) is 64.7. The van der Waals surface area contributed by atoms with Crippen LogP contribution in [0, 0.1) is 0 Å². The van der Waals surface area contributed by atoms with Crippen LogP contribution >= 0.6 is 0 Å². The minimum Gasteiger partial charge on any atom is -0.394 e. The van der Waals surface area contributed by atoms with Gasteiger partial charge >= 0.3 is 0 Å². The first-order valence-corrected chi connectivity index (χ1v) is 41.8. The molecule has 19 nitrogen and oxygen atoms in total. The molecule has 604 valence electrons. The molecule has 12 N–H and O–H groups in total. The summed E-state index contributed by atoms with van der Waals surface area (Å²) < 4.78 is 34.5. The van der Waals surface area contributed by atoms with Crippen molar-refractivity contribution in [3.8, 4) is 0 Å². The van der Waals surface area contributed by atoms with Crippen molar-refractivity contribution in [2.45, 2.75) is 420 Å². The van der Waals surface area contributed by atoms with Crippen molar-refractivity contribution in [3.05, 3.63) is 85.1 Å². The van der Waals surface area contributed by atoms with Gasteiger partial charge in [-0.1, -0.05) is 324 Å². The number of aliphatic hydroxyl groups is 11. The molecule has 0 spiro atoms. The summed E-state index contributed by atoms with van der Waals surface area (Å²) in [5.74, 6) is -0.272. The maximum atomic E-state index is 13.5. The standard InChI is InChI=1S/C85H151NO18/c1-3-5-7-9-11-13-15-17-19-21-23-24-25-26-27-28-29-30-31-32-33-34-35-36-37-38-39-40-41-42-43-44-45-47-49-51-53-55-57-59-61-63-73(91)86-68(69(90)62-60-58-56-54-52-50-48-46-22-20-18-16-14-12-10-8-6-4-2)67-99-83-79(97)76(94)81(71(65-88)101-83)104-85-80(98)77(95)82(72(66-89)102-85)103-84-78(96)75(93)74(92)70(64-87)100-84/h5,7,11,13,17,19,23-24,26-27,29-30,60,62,68-72,74-85,87-90,92-98H,3-4,6,8-10,12,14-16,18,20-22,25,28,31-59,61,63-67H2,1-2H3,(H,86,91)/b7-5-,13-11-,19-17-,24-23-,27-26-,30-29-,62-60+. The van der Waals surface area contributed by atoms with Gasteiger partial charge in [-0.05, 0) is 70.6 Å². The second kappa shape index (κ2) is 64.8. The Bertz CT molecular complexity index is 2210. The average molecular weight is 1480 g/mol. The fourth-order valence-corrected chi connectivity index (χ4v) is 13.8. The lowest BCUT2D eigenvalue weighted by molar-refractivity contribution is -0.379. The third-order valence-electron chi connectivity index (χ3n) is 20.4. The number of hydrogen-bond acceptors (Lipinski definition) is 18. The number of amides is 1. The third-order valence-corrected chi connectivity index (χ3v) is 20.4. The molecular formula is C85H151NO18. The van der Waals surface area contributed by atoms with E-state index in [1.54, 1.807) is 6.08 Å². The van der Waals surface area contributed by atoms with Crippen molar-refractivity contribution in [2.24, 2.45) is 0 Å². The van der Waals surface area contributed by atoms with Crippen molar-refractivity contribution < 1.29 is 89.4 Å². The molecule has 0 aromatic heterocycles. The van der Waals surface area contributed by atoms with Gasteiger partial charge in [0, 0.05) is 6.42 Å². The lowest BCUT2D eigenvalue weighted by Gasteiger charge is -2.48. The zero-order valence-corrected chi connectivity index (χ0v) is 64.7. The number of hydrogen-bond donors (Lipinski definition) is 12. The largest absolute Gasteiger partial charge is 0.394 e. The van der Waals surface area contributed by atoms with Crippen LogP contribution in [0.4, 0.5) is 0 Å². The van der Waals surface area contributed by atoms with Gasteiger partial charge in [-0.25, -0.2) is 0 Å². The smallest absolute Gasteiger partial charge is 0.220 e. The Labute approximate surface area is 629 Å². The van der Waals surface area contributed by atoms with Crippen LogP contribution in [0.2, 0.25) is 0 Å². The maximum absolute atomic E-state index is 13.5. The normalized spacial score (nSPS) is 26.3. The van der Waals surface area contributed by atoms with Crippen molar-refractivity contribution in [1.29, 1.82) is 0 Å². The Morgan fingerprint density at radius 3 is 1.04 bits per heavy atom. The SMILES string of the molecule is CC/C=C\C/C=C\C/C=C\C/C=C\C/C=C\C/C=C\CCCCCCCCCCCCCCCCCCCCCCCCC(=O)NC(COC1OC(CO)C(OC2OC(CO)C(OC3OC(CO)C(O)C(O)C3O)C(O)C2O)C(O)C1O)C(O)/C=C/CCCCCCCCCCCCCCCCCC. The van der Waals surface area contributed by atoms with Gasteiger partial charge in [-0.15, -0.1) is 0 Å². The van der Waals surface area contributed by atoms with Gasteiger partial charge < -0.3 is 89.9 Å². The molecule has 3 rings (SSSR count).